The molecule has 0 aliphatic carbocycles. The van der Waals surface area contributed by atoms with Crippen molar-refractivity contribution in [1.82, 2.24) is 4.98 Å². The summed E-state index contributed by atoms with van der Waals surface area (Å²) in [5.41, 5.74) is 5.52. The van der Waals surface area contributed by atoms with Crippen LogP contribution in [0.15, 0.2) is 66.9 Å². The molecule has 6 heteroatoms. The van der Waals surface area contributed by atoms with Gasteiger partial charge >= 0.3 is 12.2 Å². The van der Waals surface area contributed by atoms with E-state index in [0.29, 0.717) is 6.54 Å². The number of carbonyl (C=O) groups is 1. The van der Waals surface area contributed by atoms with Gasteiger partial charge in [0.25, 0.3) is 0 Å². The van der Waals surface area contributed by atoms with Gasteiger partial charge in [0.05, 0.1) is 12.2 Å². The fraction of sp³-hybridized carbons (Fsp3) is 0.269. The number of hydrogen-bond acceptors (Lipinski definition) is 5. The minimum absolute atomic E-state index is 0.250. The van der Waals surface area contributed by atoms with Gasteiger partial charge < -0.3 is 4.74 Å². The highest BCUT2D eigenvalue weighted by atomic mass is 16.6. The summed E-state index contributed by atoms with van der Waals surface area (Å²) >= 11 is 0. The second kappa shape index (κ2) is 11.0. The molecule has 0 N–H and O–H groups in total. The molecule has 32 heavy (non-hydrogen) atoms. The number of amides is 1. The van der Waals surface area contributed by atoms with Crippen molar-refractivity contribution in [2.24, 2.45) is 0 Å². The Bertz CT molecular complexity index is 1080. The standard InChI is InChI=1S/C25H28N2O2.CO2/c1-18-14-20(23-12-7-6-10-19(23)2)16-22(15-18)27(24(28)29-25(3,4)5)17-21-11-8-9-13-26-21;2-1-3/h6-16H,17H2,1-5H3;. The van der Waals surface area contributed by atoms with E-state index >= 15 is 0 Å². The fourth-order valence-corrected chi connectivity index (χ4v) is 3.20. The zero-order chi connectivity index (χ0) is 23.7. The molecule has 1 heterocycles. The predicted molar refractivity (Wildman–Crippen MR) is 123 cm³/mol. The second-order valence-corrected chi connectivity index (χ2v) is 8.34. The first kappa shape index (κ1) is 24.5. The molecule has 0 bridgehead atoms. The first-order chi connectivity index (χ1) is 15.1. The van der Waals surface area contributed by atoms with Crippen LogP contribution in [0.5, 0.6) is 0 Å². The van der Waals surface area contributed by atoms with Crippen LogP contribution < -0.4 is 4.90 Å². The van der Waals surface area contributed by atoms with Gasteiger partial charge in [-0.05, 0) is 81.1 Å². The first-order valence-corrected chi connectivity index (χ1v) is 10.2. The molecule has 3 aromatic rings. The Morgan fingerprint density at radius 2 is 1.66 bits per heavy atom. The van der Waals surface area contributed by atoms with E-state index in [1.165, 1.54) is 5.56 Å². The Morgan fingerprint density at radius 1 is 1.00 bits per heavy atom. The Kier molecular flexibility index (Phi) is 8.45. The third-order valence-electron chi connectivity index (χ3n) is 4.49. The van der Waals surface area contributed by atoms with Crippen LogP contribution >= 0.6 is 0 Å². The van der Waals surface area contributed by atoms with Crippen molar-refractivity contribution < 1.29 is 19.1 Å². The number of aromatic nitrogens is 1. The lowest BCUT2D eigenvalue weighted by atomic mass is 9.98. The lowest BCUT2D eigenvalue weighted by molar-refractivity contribution is -0.191. The number of nitrogens with zero attached hydrogens (tertiary/aromatic N) is 2. The molecule has 0 aliphatic rings. The molecule has 1 amide bonds. The lowest BCUT2D eigenvalue weighted by Crippen LogP contribution is -2.36. The van der Waals surface area contributed by atoms with Crippen LogP contribution in [0.1, 0.15) is 37.6 Å². The largest absolute Gasteiger partial charge is 0.443 e. The molecule has 0 saturated heterocycles. The van der Waals surface area contributed by atoms with E-state index in [2.05, 4.69) is 30.1 Å². The molecule has 0 fully saturated rings. The van der Waals surface area contributed by atoms with Crippen molar-refractivity contribution in [3.05, 3.63) is 83.7 Å². The molecule has 3 rings (SSSR count). The maximum absolute atomic E-state index is 13.1. The zero-order valence-electron chi connectivity index (χ0n) is 19.1. The highest BCUT2D eigenvalue weighted by Crippen LogP contribution is 2.30. The van der Waals surface area contributed by atoms with Gasteiger partial charge in [-0.15, -0.1) is 0 Å². The van der Waals surface area contributed by atoms with Crippen LogP contribution in [0.3, 0.4) is 0 Å². The van der Waals surface area contributed by atoms with Gasteiger partial charge in [-0.1, -0.05) is 36.4 Å². The summed E-state index contributed by atoms with van der Waals surface area (Å²) in [5.74, 6) is 0. The number of carbonyl (C=O) groups excluding carboxylic acids is 3. The molecular weight excluding hydrogens is 404 g/mol. The summed E-state index contributed by atoms with van der Waals surface area (Å²) in [7, 11) is 0. The molecule has 2 aromatic carbocycles. The van der Waals surface area contributed by atoms with Crippen LogP contribution in [0, 0.1) is 13.8 Å². The molecule has 6 nitrogen and oxygen atoms in total. The summed E-state index contributed by atoms with van der Waals surface area (Å²) < 4.78 is 5.69. The first-order valence-electron chi connectivity index (χ1n) is 10.2. The number of aryl methyl sites for hydroxylation is 2. The third-order valence-corrected chi connectivity index (χ3v) is 4.49. The van der Waals surface area contributed by atoms with E-state index in [4.69, 9.17) is 14.3 Å². The quantitative estimate of drug-likeness (QED) is 0.527. The number of anilines is 1. The van der Waals surface area contributed by atoms with Crippen molar-refractivity contribution in [2.45, 2.75) is 46.8 Å². The van der Waals surface area contributed by atoms with Crippen LogP contribution in [0.2, 0.25) is 0 Å². The minimum Gasteiger partial charge on any atom is -0.443 e. The van der Waals surface area contributed by atoms with Gasteiger partial charge in [-0.3, -0.25) is 9.88 Å². The van der Waals surface area contributed by atoms with E-state index in [0.717, 1.165) is 28.1 Å². The number of hydrogen-bond donors (Lipinski definition) is 0. The van der Waals surface area contributed by atoms with Crippen molar-refractivity contribution in [3.8, 4) is 11.1 Å². The van der Waals surface area contributed by atoms with Crippen LogP contribution in [-0.2, 0) is 20.9 Å². The molecular formula is C26H28N2O4. The van der Waals surface area contributed by atoms with Crippen molar-refractivity contribution in [1.29, 1.82) is 0 Å². The average molecular weight is 433 g/mol. The summed E-state index contributed by atoms with van der Waals surface area (Å²) in [6.45, 7) is 10.1. The number of rotatable bonds is 4. The molecule has 0 saturated carbocycles. The summed E-state index contributed by atoms with van der Waals surface area (Å²) in [5, 5.41) is 0. The van der Waals surface area contributed by atoms with Crippen molar-refractivity contribution >= 4 is 17.9 Å². The predicted octanol–water partition coefficient (Wildman–Crippen LogP) is 5.72. The smallest absolute Gasteiger partial charge is 0.415 e. The minimum atomic E-state index is -0.581. The highest BCUT2D eigenvalue weighted by Gasteiger charge is 2.24. The van der Waals surface area contributed by atoms with Crippen LogP contribution in [-0.4, -0.2) is 22.8 Å². The Labute approximate surface area is 188 Å². The van der Waals surface area contributed by atoms with E-state index in [-0.39, 0.29) is 12.2 Å². The normalized spacial score (nSPS) is 10.4. The van der Waals surface area contributed by atoms with Crippen molar-refractivity contribution in [3.63, 3.8) is 0 Å². The van der Waals surface area contributed by atoms with Gasteiger partial charge in [0, 0.05) is 11.9 Å². The molecule has 0 aliphatic heterocycles. The van der Waals surface area contributed by atoms with Gasteiger partial charge in [-0.25, -0.2) is 4.79 Å². The summed E-state index contributed by atoms with van der Waals surface area (Å²) in [4.78, 5) is 35.4. The second-order valence-electron chi connectivity index (χ2n) is 8.34. The van der Waals surface area contributed by atoms with Gasteiger partial charge in [0.1, 0.15) is 5.60 Å². The maximum Gasteiger partial charge on any atom is 0.415 e. The van der Waals surface area contributed by atoms with Gasteiger partial charge in [-0.2, -0.15) is 9.59 Å². The van der Waals surface area contributed by atoms with E-state index in [1.54, 1.807) is 11.1 Å². The number of pyridine rings is 1. The maximum atomic E-state index is 13.1. The SMILES string of the molecule is Cc1cc(-c2ccccc2C)cc(N(Cc2ccccn2)C(=O)OC(C)(C)C)c1.O=C=O. The number of ether oxygens (including phenoxy) is 1. The Balaban J connectivity index is 0.00000114. The fourth-order valence-electron chi connectivity index (χ4n) is 3.20. The van der Waals surface area contributed by atoms with E-state index in [1.807, 2.05) is 70.2 Å². The van der Waals surface area contributed by atoms with E-state index < -0.39 is 5.60 Å². The molecule has 0 spiro atoms. The monoisotopic (exact) mass is 432 g/mol. The van der Waals surface area contributed by atoms with Gasteiger partial charge in [0.15, 0.2) is 0 Å². The summed E-state index contributed by atoms with van der Waals surface area (Å²) in [6.07, 6.45) is 1.60. The molecule has 166 valence electrons. The number of benzene rings is 2. The average Bonchev–Trinajstić information content (AvgIpc) is 2.72. The molecule has 1 aromatic heterocycles. The van der Waals surface area contributed by atoms with Crippen molar-refractivity contribution in [2.75, 3.05) is 4.90 Å². The Morgan fingerprint density at radius 3 is 2.25 bits per heavy atom. The van der Waals surface area contributed by atoms with Crippen LogP contribution in [0.4, 0.5) is 10.5 Å². The molecule has 0 radical (unpaired) electrons. The zero-order valence-corrected chi connectivity index (χ0v) is 19.1. The third kappa shape index (κ3) is 7.18. The van der Waals surface area contributed by atoms with Gasteiger partial charge in [0.2, 0.25) is 0 Å². The van der Waals surface area contributed by atoms with E-state index in [9.17, 15) is 4.79 Å². The van der Waals surface area contributed by atoms with Crippen LogP contribution in [0.25, 0.3) is 11.1 Å². The highest BCUT2D eigenvalue weighted by molar-refractivity contribution is 5.89. The Hall–Kier alpha value is -3.76. The summed E-state index contributed by atoms with van der Waals surface area (Å²) in [6, 6.07) is 20.1. The topological polar surface area (TPSA) is 76.6 Å². The molecule has 0 unspecified atom stereocenters. The molecule has 0 atom stereocenters. The lowest BCUT2D eigenvalue weighted by Gasteiger charge is -2.28.